The Morgan fingerprint density at radius 1 is 1.03 bits per heavy atom. The first-order valence-corrected chi connectivity index (χ1v) is 10.6. The van der Waals surface area contributed by atoms with E-state index in [0.29, 0.717) is 38.9 Å². The van der Waals surface area contributed by atoms with E-state index < -0.39 is 6.04 Å². The van der Waals surface area contributed by atoms with Crippen molar-refractivity contribution in [1.82, 2.24) is 15.5 Å². The third kappa shape index (κ3) is 3.99. The van der Waals surface area contributed by atoms with Crippen LogP contribution in [0.4, 0.5) is 14.9 Å². The highest BCUT2D eigenvalue weighted by Crippen LogP contribution is 2.39. The Balaban J connectivity index is 1.65. The second-order valence-corrected chi connectivity index (χ2v) is 7.97. The van der Waals surface area contributed by atoms with Gasteiger partial charge in [0.05, 0.1) is 17.3 Å². The Morgan fingerprint density at radius 2 is 1.79 bits per heavy atom. The zero-order valence-electron chi connectivity index (χ0n) is 17.5. The van der Waals surface area contributed by atoms with Crippen molar-refractivity contribution in [3.63, 3.8) is 0 Å². The van der Waals surface area contributed by atoms with Crippen molar-refractivity contribution in [2.24, 2.45) is 0 Å². The van der Waals surface area contributed by atoms with Crippen LogP contribution in [0.5, 0.6) is 0 Å². The molecule has 1 aliphatic heterocycles. The fourth-order valence-corrected chi connectivity index (χ4v) is 4.08. The molecule has 1 atom stereocenters. The number of halogens is 2. The number of hydrogen-bond donors (Lipinski definition) is 1. The van der Waals surface area contributed by atoms with Gasteiger partial charge in [-0.15, -0.1) is 0 Å². The average Bonchev–Trinajstić information content (AvgIpc) is 3.30. The molecule has 1 N–H and O–H groups in total. The summed E-state index contributed by atoms with van der Waals surface area (Å²) in [6, 6.07) is 21.4. The molecule has 1 unspecified atom stereocenters. The van der Waals surface area contributed by atoms with Gasteiger partial charge in [-0.2, -0.15) is 4.98 Å². The number of amides is 2. The number of allylic oxidation sites excluding steroid dienone is 1. The summed E-state index contributed by atoms with van der Waals surface area (Å²) in [7, 11) is 0. The largest absolute Gasteiger partial charge is 0.334 e. The van der Waals surface area contributed by atoms with Gasteiger partial charge in [0, 0.05) is 16.3 Å². The zero-order chi connectivity index (χ0) is 22.9. The van der Waals surface area contributed by atoms with E-state index in [1.54, 1.807) is 35.2 Å². The number of aromatic nitrogens is 2. The Morgan fingerprint density at radius 3 is 2.52 bits per heavy atom. The molecule has 2 amide bonds. The lowest BCUT2D eigenvalue weighted by Gasteiger charge is -2.35. The van der Waals surface area contributed by atoms with Crippen LogP contribution in [0.25, 0.3) is 17.0 Å². The van der Waals surface area contributed by atoms with Gasteiger partial charge in [0.1, 0.15) is 5.82 Å². The van der Waals surface area contributed by atoms with Crippen LogP contribution in [0.2, 0.25) is 5.02 Å². The maximum Gasteiger partial charge on any atom is 0.326 e. The summed E-state index contributed by atoms with van der Waals surface area (Å²) in [5.74, 6) is 0.252. The molecular formula is C25H18ClFN4O2. The third-order valence-electron chi connectivity index (χ3n) is 5.44. The molecule has 2 heterocycles. The van der Waals surface area contributed by atoms with Gasteiger partial charge >= 0.3 is 6.03 Å². The summed E-state index contributed by atoms with van der Waals surface area (Å²) in [6.07, 6.45) is 0. The molecule has 3 aromatic carbocycles. The number of nitrogens with one attached hydrogen (secondary N) is 1. The van der Waals surface area contributed by atoms with Crippen molar-refractivity contribution < 1.29 is 13.7 Å². The van der Waals surface area contributed by atoms with E-state index >= 15 is 0 Å². The fraction of sp³-hybridized carbons (Fsp3) is 0.0800. The van der Waals surface area contributed by atoms with Crippen LogP contribution in [0.1, 0.15) is 24.4 Å². The maximum atomic E-state index is 13.6. The van der Waals surface area contributed by atoms with E-state index in [9.17, 15) is 9.18 Å². The predicted molar refractivity (Wildman–Crippen MR) is 124 cm³/mol. The summed E-state index contributed by atoms with van der Waals surface area (Å²) in [5.41, 5.74) is 3.33. The van der Waals surface area contributed by atoms with Crippen LogP contribution in [0, 0.1) is 5.82 Å². The number of hydrogen-bond acceptors (Lipinski definition) is 4. The molecule has 0 saturated carbocycles. The Bertz CT molecular complexity index is 1350. The molecule has 0 fully saturated rings. The molecule has 1 aliphatic rings. The molecule has 6 nitrogen and oxygen atoms in total. The van der Waals surface area contributed by atoms with Crippen molar-refractivity contribution in [2.45, 2.75) is 13.0 Å². The maximum absolute atomic E-state index is 13.6. The van der Waals surface area contributed by atoms with Gasteiger partial charge in [-0.3, -0.25) is 4.90 Å². The third-order valence-corrected chi connectivity index (χ3v) is 5.68. The average molecular weight is 461 g/mol. The van der Waals surface area contributed by atoms with Crippen molar-refractivity contribution in [2.75, 3.05) is 4.90 Å². The Hall–Kier alpha value is -3.97. The van der Waals surface area contributed by atoms with Gasteiger partial charge in [0.25, 0.3) is 5.89 Å². The number of carbonyl (C=O) groups excluding carboxylic acids is 1. The van der Waals surface area contributed by atoms with Gasteiger partial charge in [0.15, 0.2) is 0 Å². The summed E-state index contributed by atoms with van der Waals surface area (Å²) < 4.78 is 19.2. The number of carbonyl (C=O) groups is 1. The number of nitrogens with zero attached hydrogens (tertiary/aromatic N) is 3. The quantitative estimate of drug-likeness (QED) is 0.392. The van der Waals surface area contributed by atoms with Gasteiger partial charge in [-0.1, -0.05) is 59.2 Å². The van der Waals surface area contributed by atoms with Crippen LogP contribution in [0.3, 0.4) is 0 Å². The van der Waals surface area contributed by atoms with E-state index in [2.05, 4.69) is 15.5 Å². The van der Waals surface area contributed by atoms with Gasteiger partial charge in [-0.05, 0) is 48.9 Å². The molecule has 0 spiro atoms. The number of para-hydroxylation sites is 1. The molecule has 0 bridgehead atoms. The SMILES string of the molecule is CC1=C(c2nc(-c3cccc(Cl)c3)no2)C(c2ccc(F)cc2)NC(=O)N1c1ccccc1. The molecule has 8 heteroatoms. The monoisotopic (exact) mass is 460 g/mol. The smallest absolute Gasteiger partial charge is 0.326 e. The Labute approximate surface area is 194 Å². The first-order valence-electron chi connectivity index (χ1n) is 10.2. The highest BCUT2D eigenvalue weighted by atomic mass is 35.5. The standard InChI is InChI=1S/C25H18ClFN4O2/c1-15-21(24-29-23(30-33-24)17-6-5-7-18(26)14-17)22(16-10-12-19(27)13-11-16)28-25(32)31(15)20-8-3-2-4-9-20/h2-14,22H,1H3,(H,28,32). The summed E-state index contributed by atoms with van der Waals surface area (Å²) in [4.78, 5) is 19.3. The van der Waals surface area contributed by atoms with Crippen LogP contribution in [0.15, 0.2) is 89.1 Å². The highest BCUT2D eigenvalue weighted by Gasteiger charge is 2.36. The Kier molecular flexibility index (Phi) is 5.40. The zero-order valence-corrected chi connectivity index (χ0v) is 18.3. The van der Waals surface area contributed by atoms with E-state index in [0.717, 1.165) is 0 Å². The summed E-state index contributed by atoms with van der Waals surface area (Å²) in [5, 5.41) is 7.68. The lowest BCUT2D eigenvalue weighted by Crippen LogP contribution is -2.46. The number of benzene rings is 3. The lowest BCUT2D eigenvalue weighted by atomic mass is 9.94. The van der Waals surface area contributed by atoms with Crippen LogP contribution in [-0.4, -0.2) is 16.2 Å². The van der Waals surface area contributed by atoms with E-state index in [1.165, 1.54) is 12.1 Å². The first kappa shape index (κ1) is 20.9. The molecule has 4 aromatic rings. The molecule has 164 valence electrons. The normalized spacial score (nSPS) is 16.2. The fourth-order valence-electron chi connectivity index (χ4n) is 3.89. The molecule has 5 rings (SSSR count). The number of anilines is 1. The molecule has 1 aromatic heterocycles. The minimum atomic E-state index is -0.606. The van der Waals surface area contributed by atoms with Crippen LogP contribution >= 0.6 is 11.6 Å². The second kappa shape index (κ2) is 8.52. The van der Waals surface area contributed by atoms with Crippen molar-refractivity contribution in [3.8, 4) is 11.4 Å². The summed E-state index contributed by atoms with van der Waals surface area (Å²) >= 11 is 6.11. The van der Waals surface area contributed by atoms with Gasteiger partial charge in [-0.25, -0.2) is 9.18 Å². The molecule has 33 heavy (non-hydrogen) atoms. The topological polar surface area (TPSA) is 71.3 Å². The highest BCUT2D eigenvalue weighted by molar-refractivity contribution is 6.30. The van der Waals surface area contributed by atoms with Crippen LogP contribution in [-0.2, 0) is 0 Å². The van der Waals surface area contributed by atoms with Crippen molar-refractivity contribution >= 4 is 28.9 Å². The van der Waals surface area contributed by atoms with E-state index in [4.69, 9.17) is 16.1 Å². The van der Waals surface area contributed by atoms with Crippen molar-refractivity contribution in [1.29, 1.82) is 0 Å². The predicted octanol–water partition coefficient (Wildman–Crippen LogP) is 6.23. The van der Waals surface area contributed by atoms with Crippen molar-refractivity contribution in [3.05, 3.63) is 107 Å². The minimum absolute atomic E-state index is 0.248. The van der Waals surface area contributed by atoms with Crippen LogP contribution < -0.4 is 10.2 Å². The van der Waals surface area contributed by atoms with Gasteiger partial charge in [0.2, 0.25) is 5.82 Å². The van der Waals surface area contributed by atoms with E-state index in [-0.39, 0.29) is 17.7 Å². The number of rotatable bonds is 4. The summed E-state index contributed by atoms with van der Waals surface area (Å²) in [6.45, 7) is 1.82. The molecular weight excluding hydrogens is 443 g/mol. The van der Waals surface area contributed by atoms with Gasteiger partial charge < -0.3 is 9.84 Å². The van der Waals surface area contributed by atoms with E-state index in [1.807, 2.05) is 43.3 Å². The molecule has 0 aliphatic carbocycles. The molecule has 0 radical (unpaired) electrons. The number of urea groups is 1. The minimum Gasteiger partial charge on any atom is -0.334 e. The molecule has 0 saturated heterocycles. The lowest BCUT2D eigenvalue weighted by molar-refractivity contribution is 0.244. The second-order valence-electron chi connectivity index (χ2n) is 7.54. The first-order chi connectivity index (χ1) is 16.0.